The van der Waals surface area contributed by atoms with E-state index in [4.69, 9.17) is 0 Å². The summed E-state index contributed by atoms with van der Waals surface area (Å²) in [6.07, 6.45) is 2.47. The predicted molar refractivity (Wildman–Crippen MR) is 83.7 cm³/mol. The number of hydrogen-bond acceptors (Lipinski definition) is 2. The van der Waals surface area contributed by atoms with E-state index in [1.165, 1.54) is 12.8 Å². The Bertz CT molecular complexity index is 441. The van der Waals surface area contributed by atoms with Gasteiger partial charge in [0.25, 0.3) is 0 Å². The number of nitrogens with zero attached hydrogens (tertiary/aromatic N) is 1. The van der Waals surface area contributed by atoms with Crippen LogP contribution in [0.25, 0.3) is 0 Å². The second-order valence-corrected chi connectivity index (χ2v) is 6.23. The van der Waals surface area contributed by atoms with Crippen LogP contribution in [-0.4, -0.2) is 19.1 Å². The van der Waals surface area contributed by atoms with Crippen LogP contribution in [0.3, 0.4) is 0 Å². The molecule has 0 spiro atoms. The Morgan fingerprint density at radius 1 is 1.30 bits per heavy atom. The Morgan fingerprint density at radius 2 is 2.00 bits per heavy atom. The van der Waals surface area contributed by atoms with Crippen LogP contribution in [0.15, 0.2) is 18.2 Å². The summed E-state index contributed by atoms with van der Waals surface area (Å²) >= 11 is 0. The molecule has 0 heterocycles. The molecule has 1 aliphatic carbocycles. The van der Waals surface area contributed by atoms with Crippen molar-refractivity contribution in [3.8, 4) is 0 Å². The van der Waals surface area contributed by atoms with Crippen LogP contribution < -0.4 is 10.2 Å². The summed E-state index contributed by atoms with van der Waals surface area (Å²) in [4.78, 5) is 2.41. The van der Waals surface area contributed by atoms with E-state index in [9.17, 15) is 4.39 Å². The minimum absolute atomic E-state index is 0.0459. The first-order valence-corrected chi connectivity index (χ1v) is 7.83. The Kier molecular flexibility index (Phi) is 5.03. The lowest BCUT2D eigenvalue weighted by Gasteiger charge is -2.31. The molecule has 1 atom stereocenters. The molecule has 0 amide bonds. The summed E-state index contributed by atoms with van der Waals surface area (Å²) in [5.41, 5.74) is 1.90. The average Bonchev–Trinajstić information content (AvgIpc) is 3.19. The molecule has 1 N–H and O–H groups in total. The highest BCUT2D eigenvalue weighted by molar-refractivity contribution is 5.57. The van der Waals surface area contributed by atoms with Gasteiger partial charge in [0, 0.05) is 29.9 Å². The summed E-state index contributed by atoms with van der Waals surface area (Å²) in [7, 11) is 0. The zero-order chi connectivity index (χ0) is 14.7. The third-order valence-electron chi connectivity index (χ3n) is 3.83. The molecule has 3 heteroatoms. The van der Waals surface area contributed by atoms with Gasteiger partial charge >= 0.3 is 0 Å². The number of nitrogens with one attached hydrogen (secondary N) is 1. The minimum Gasteiger partial charge on any atom is -0.368 e. The van der Waals surface area contributed by atoms with Gasteiger partial charge in [0.2, 0.25) is 0 Å². The first kappa shape index (κ1) is 15.3. The molecule has 0 bridgehead atoms. The lowest BCUT2D eigenvalue weighted by atomic mass is 10.0. The van der Waals surface area contributed by atoms with Crippen LogP contribution in [0.5, 0.6) is 0 Å². The quantitative estimate of drug-likeness (QED) is 0.807. The maximum atomic E-state index is 14.3. The van der Waals surface area contributed by atoms with E-state index in [1.54, 1.807) is 6.07 Å². The maximum absolute atomic E-state index is 14.3. The Balaban J connectivity index is 2.35. The SMILES string of the molecule is CCNC(C)c1c(F)cccc1N(CC(C)C)C1CC1. The Hall–Kier alpha value is -1.09. The fourth-order valence-corrected chi connectivity index (χ4v) is 2.84. The summed E-state index contributed by atoms with van der Waals surface area (Å²) in [5.74, 6) is 0.492. The molecular weight excluding hydrogens is 251 g/mol. The summed E-state index contributed by atoms with van der Waals surface area (Å²) in [6, 6.07) is 6.14. The van der Waals surface area contributed by atoms with Gasteiger partial charge in [-0.15, -0.1) is 0 Å². The lowest BCUT2D eigenvalue weighted by Crippen LogP contribution is -2.32. The van der Waals surface area contributed by atoms with Crippen molar-refractivity contribution in [3.63, 3.8) is 0 Å². The first-order valence-electron chi connectivity index (χ1n) is 7.83. The van der Waals surface area contributed by atoms with E-state index >= 15 is 0 Å². The number of anilines is 1. The van der Waals surface area contributed by atoms with Crippen LogP contribution in [0.1, 0.15) is 52.1 Å². The van der Waals surface area contributed by atoms with Gasteiger partial charge in [-0.3, -0.25) is 0 Å². The minimum atomic E-state index is -0.0923. The second-order valence-electron chi connectivity index (χ2n) is 6.23. The number of benzene rings is 1. The van der Waals surface area contributed by atoms with Crippen LogP contribution in [0, 0.1) is 11.7 Å². The molecule has 1 fully saturated rings. The van der Waals surface area contributed by atoms with Crippen molar-refractivity contribution in [3.05, 3.63) is 29.6 Å². The van der Waals surface area contributed by atoms with Crippen LogP contribution in [-0.2, 0) is 0 Å². The van der Waals surface area contributed by atoms with Crippen molar-refractivity contribution < 1.29 is 4.39 Å². The second kappa shape index (κ2) is 6.57. The normalized spacial score (nSPS) is 16.5. The molecule has 1 aliphatic rings. The molecule has 0 saturated heterocycles. The monoisotopic (exact) mass is 278 g/mol. The van der Waals surface area contributed by atoms with Gasteiger partial charge in [-0.2, -0.15) is 0 Å². The van der Waals surface area contributed by atoms with Crippen molar-refractivity contribution in [2.24, 2.45) is 5.92 Å². The summed E-state index contributed by atoms with van der Waals surface area (Å²) in [6.45, 7) is 10.4. The highest BCUT2D eigenvalue weighted by Gasteiger charge is 2.32. The third-order valence-corrected chi connectivity index (χ3v) is 3.83. The molecular formula is C17H27FN2. The van der Waals surface area contributed by atoms with Crippen molar-refractivity contribution in [1.29, 1.82) is 0 Å². The van der Waals surface area contributed by atoms with Gasteiger partial charge in [0.1, 0.15) is 5.82 Å². The third kappa shape index (κ3) is 3.51. The highest BCUT2D eigenvalue weighted by atomic mass is 19.1. The van der Waals surface area contributed by atoms with Gasteiger partial charge in [0.05, 0.1) is 0 Å². The van der Waals surface area contributed by atoms with Crippen molar-refractivity contribution >= 4 is 5.69 Å². The largest absolute Gasteiger partial charge is 0.368 e. The molecule has 0 aliphatic heterocycles. The highest BCUT2D eigenvalue weighted by Crippen LogP contribution is 2.37. The predicted octanol–water partition coefficient (Wildman–Crippen LogP) is 4.12. The Morgan fingerprint density at radius 3 is 2.55 bits per heavy atom. The molecule has 1 unspecified atom stereocenters. The molecule has 2 rings (SSSR count). The lowest BCUT2D eigenvalue weighted by molar-refractivity contribution is 0.534. The van der Waals surface area contributed by atoms with E-state index in [1.807, 2.05) is 13.0 Å². The van der Waals surface area contributed by atoms with Gasteiger partial charge in [0.15, 0.2) is 0 Å². The van der Waals surface area contributed by atoms with Crippen molar-refractivity contribution in [1.82, 2.24) is 5.32 Å². The van der Waals surface area contributed by atoms with E-state index in [0.717, 1.165) is 24.3 Å². The smallest absolute Gasteiger partial charge is 0.130 e. The van der Waals surface area contributed by atoms with Crippen molar-refractivity contribution in [2.45, 2.75) is 52.6 Å². The zero-order valence-electron chi connectivity index (χ0n) is 13.1. The number of rotatable bonds is 7. The first-order chi connectivity index (χ1) is 9.54. The topological polar surface area (TPSA) is 15.3 Å². The van der Waals surface area contributed by atoms with Gasteiger partial charge in [-0.05, 0) is 44.4 Å². The Labute approximate surface area is 122 Å². The summed E-state index contributed by atoms with van der Waals surface area (Å²) in [5, 5.41) is 3.34. The molecule has 1 aromatic rings. The van der Waals surface area contributed by atoms with Gasteiger partial charge in [-0.1, -0.05) is 26.8 Å². The van der Waals surface area contributed by atoms with Crippen LogP contribution >= 0.6 is 0 Å². The number of hydrogen-bond donors (Lipinski definition) is 1. The molecule has 2 nitrogen and oxygen atoms in total. The van der Waals surface area contributed by atoms with Gasteiger partial charge in [-0.25, -0.2) is 4.39 Å². The maximum Gasteiger partial charge on any atom is 0.130 e. The fourth-order valence-electron chi connectivity index (χ4n) is 2.84. The average molecular weight is 278 g/mol. The number of halogens is 1. The fraction of sp³-hybridized carbons (Fsp3) is 0.647. The molecule has 0 aromatic heterocycles. The van der Waals surface area contributed by atoms with E-state index in [0.29, 0.717) is 12.0 Å². The standard InChI is InChI=1S/C17H27FN2/c1-5-19-13(4)17-15(18)7-6-8-16(17)20(11-12(2)3)14-9-10-14/h6-8,12-14,19H,5,9-11H2,1-4H3. The molecule has 0 radical (unpaired) electrons. The van der Waals surface area contributed by atoms with Gasteiger partial charge < -0.3 is 10.2 Å². The summed E-state index contributed by atoms with van der Waals surface area (Å²) < 4.78 is 14.3. The molecule has 1 saturated carbocycles. The van der Waals surface area contributed by atoms with Crippen molar-refractivity contribution in [2.75, 3.05) is 18.0 Å². The van der Waals surface area contributed by atoms with Crippen LogP contribution in [0.4, 0.5) is 10.1 Å². The van der Waals surface area contributed by atoms with E-state index in [-0.39, 0.29) is 11.9 Å². The van der Waals surface area contributed by atoms with E-state index in [2.05, 4.69) is 37.1 Å². The zero-order valence-corrected chi connectivity index (χ0v) is 13.1. The molecule has 1 aromatic carbocycles. The molecule has 112 valence electrons. The van der Waals surface area contributed by atoms with E-state index < -0.39 is 0 Å². The molecule has 20 heavy (non-hydrogen) atoms. The van der Waals surface area contributed by atoms with Crippen LogP contribution in [0.2, 0.25) is 0 Å².